The van der Waals surface area contributed by atoms with Crippen molar-refractivity contribution in [1.82, 2.24) is 9.97 Å². The summed E-state index contributed by atoms with van der Waals surface area (Å²) in [4.78, 5) is 22.7. The van der Waals surface area contributed by atoms with Crippen LogP contribution < -0.4 is 4.90 Å². The van der Waals surface area contributed by atoms with E-state index in [0.29, 0.717) is 12.0 Å². The normalized spacial score (nSPS) is 27.4. The lowest BCUT2D eigenvalue weighted by atomic mass is 9.98. The maximum absolute atomic E-state index is 11.5. The number of carbonyl (C=O) groups is 1. The summed E-state index contributed by atoms with van der Waals surface area (Å²) in [6.45, 7) is 4.23. The molecule has 0 spiro atoms. The first-order valence-electron chi connectivity index (χ1n) is 7.61. The van der Waals surface area contributed by atoms with Gasteiger partial charge in [0.25, 0.3) is 0 Å². The van der Waals surface area contributed by atoms with Crippen LogP contribution in [0.5, 0.6) is 0 Å². The third kappa shape index (κ3) is 2.11. The lowest BCUT2D eigenvalue weighted by Crippen LogP contribution is -2.36. The van der Waals surface area contributed by atoms with Crippen molar-refractivity contribution >= 4 is 12.1 Å². The molecule has 2 atom stereocenters. The van der Waals surface area contributed by atoms with Crippen molar-refractivity contribution in [2.75, 3.05) is 11.9 Å². The van der Waals surface area contributed by atoms with Gasteiger partial charge < -0.3 is 9.69 Å². The molecule has 0 aliphatic heterocycles. The number of rotatable bonds is 4. The molecule has 0 aromatic carbocycles. The van der Waals surface area contributed by atoms with E-state index in [4.69, 9.17) is 0 Å². The number of carbonyl (C=O) groups excluding carboxylic acids is 1. The molecule has 2 fully saturated rings. The Kier molecular flexibility index (Phi) is 3.27. The highest BCUT2D eigenvalue weighted by molar-refractivity contribution is 5.76. The third-order valence-electron chi connectivity index (χ3n) is 5.09. The van der Waals surface area contributed by atoms with Gasteiger partial charge in [-0.25, -0.2) is 9.97 Å². The van der Waals surface area contributed by atoms with Gasteiger partial charge in [-0.2, -0.15) is 0 Å². The lowest BCUT2D eigenvalue weighted by Gasteiger charge is -2.31. The zero-order valence-electron chi connectivity index (χ0n) is 12.6. The molecule has 0 amide bonds. The Morgan fingerprint density at radius 3 is 2.70 bits per heavy atom. The lowest BCUT2D eigenvalue weighted by molar-refractivity contribution is -0.109. The molecule has 1 heterocycles. The highest BCUT2D eigenvalue weighted by atomic mass is 16.1. The van der Waals surface area contributed by atoms with Crippen LogP contribution in [0.25, 0.3) is 0 Å². The van der Waals surface area contributed by atoms with Crippen LogP contribution in [0, 0.1) is 12.8 Å². The molecule has 4 nitrogen and oxygen atoms in total. The molecule has 2 unspecified atom stereocenters. The van der Waals surface area contributed by atoms with Crippen LogP contribution in [-0.4, -0.2) is 29.3 Å². The topological polar surface area (TPSA) is 46.1 Å². The zero-order chi connectivity index (χ0) is 14.3. The van der Waals surface area contributed by atoms with Gasteiger partial charge in [-0.1, -0.05) is 13.3 Å². The molecular formula is C16H23N3O. The van der Waals surface area contributed by atoms with E-state index in [9.17, 15) is 4.79 Å². The fourth-order valence-corrected chi connectivity index (χ4v) is 3.52. The van der Waals surface area contributed by atoms with E-state index in [2.05, 4.69) is 28.8 Å². The molecule has 2 aliphatic carbocycles. The van der Waals surface area contributed by atoms with Gasteiger partial charge in [-0.15, -0.1) is 0 Å². The minimum atomic E-state index is -0.306. The molecule has 1 aromatic rings. The van der Waals surface area contributed by atoms with Crippen molar-refractivity contribution in [1.29, 1.82) is 0 Å². The zero-order valence-corrected chi connectivity index (χ0v) is 12.6. The molecule has 2 aliphatic rings. The van der Waals surface area contributed by atoms with Crippen LogP contribution in [0.4, 0.5) is 5.82 Å². The molecule has 108 valence electrons. The first-order valence-corrected chi connectivity index (χ1v) is 7.61. The van der Waals surface area contributed by atoms with E-state index in [1.807, 2.05) is 13.1 Å². The van der Waals surface area contributed by atoms with Crippen molar-refractivity contribution < 1.29 is 4.79 Å². The van der Waals surface area contributed by atoms with E-state index < -0.39 is 0 Å². The van der Waals surface area contributed by atoms with Gasteiger partial charge >= 0.3 is 0 Å². The molecule has 20 heavy (non-hydrogen) atoms. The van der Waals surface area contributed by atoms with E-state index >= 15 is 0 Å². The van der Waals surface area contributed by atoms with Crippen molar-refractivity contribution in [3.8, 4) is 0 Å². The average Bonchev–Trinajstić information content (AvgIpc) is 3.13. The highest BCUT2D eigenvalue weighted by Gasteiger charge is 2.47. The monoisotopic (exact) mass is 273 g/mol. The van der Waals surface area contributed by atoms with E-state index in [-0.39, 0.29) is 5.41 Å². The fourth-order valence-electron chi connectivity index (χ4n) is 3.52. The predicted octanol–water partition coefficient (Wildman–Crippen LogP) is 2.64. The van der Waals surface area contributed by atoms with Crippen LogP contribution in [0.15, 0.2) is 6.20 Å². The summed E-state index contributed by atoms with van der Waals surface area (Å²) in [7, 11) is 2.12. The number of aldehydes is 1. The molecule has 0 bridgehead atoms. The Labute approximate surface area is 120 Å². The average molecular weight is 273 g/mol. The van der Waals surface area contributed by atoms with Gasteiger partial charge in [-0.05, 0) is 38.5 Å². The Morgan fingerprint density at radius 2 is 2.15 bits per heavy atom. The Bertz CT molecular complexity index is 524. The van der Waals surface area contributed by atoms with E-state index in [0.717, 1.165) is 36.3 Å². The van der Waals surface area contributed by atoms with Crippen LogP contribution in [-0.2, 0) is 10.2 Å². The number of aryl methyl sites for hydroxylation is 1. The molecule has 0 radical (unpaired) electrons. The third-order valence-corrected chi connectivity index (χ3v) is 5.09. The van der Waals surface area contributed by atoms with Gasteiger partial charge in [0, 0.05) is 24.8 Å². The largest absolute Gasteiger partial charge is 0.356 e. The molecule has 1 aromatic heterocycles. The summed E-state index contributed by atoms with van der Waals surface area (Å²) in [6, 6.07) is 0.533. The first-order chi connectivity index (χ1) is 9.57. The molecular weight excluding hydrogens is 250 g/mol. The fraction of sp³-hybridized carbons (Fsp3) is 0.688. The summed E-state index contributed by atoms with van der Waals surface area (Å²) in [6.07, 6.45) is 8.62. The Morgan fingerprint density at radius 1 is 1.40 bits per heavy atom. The Balaban J connectivity index is 1.99. The second-order valence-electron chi connectivity index (χ2n) is 6.51. The van der Waals surface area contributed by atoms with E-state index in [1.54, 1.807) is 0 Å². The minimum absolute atomic E-state index is 0.306. The molecule has 4 heteroatoms. The van der Waals surface area contributed by atoms with Crippen LogP contribution >= 0.6 is 0 Å². The molecule has 2 saturated carbocycles. The quantitative estimate of drug-likeness (QED) is 0.791. The summed E-state index contributed by atoms with van der Waals surface area (Å²) < 4.78 is 0. The smallest absolute Gasteiger partial charge is 0.136 e. The minimum Gasteiger partial charge on any atom is -0.356 e. The molecule has 3 rings (SSSR count). The summed E-state index contributed by atoms with van der Waals surface area (Å²) in [5.41, 5.74) is 0.721. The summed E-state index contributed by atoms with van der Waals surface area (Å²) in [5, 5.41) is 0. The van der Waals surface area contributed by atoms with E-state index in [1.165, 1.54) is 19.3 Å². The van der Waals surface area contributed by atoms with Crippen LogP contribution in [0.2, 0.25) is 0 Å². The SMILES string of the molecule is Cc1ncc(C2(C=O)CC2)c(N(C)C2CCCC2C)n1. The number of hydrogen-bond acceptors (Lipinski definition) is 4. The standard InChI is InChI=1S/C16H23N3O/c1-11-5-4-6-14(11)19(3)15-13(9-17-12(2)18-15)16(10-20)7-8-16/h9-11,14H,4-8H2,1-3H3. The van der Waals surface area contributed by atoms with Gasteiger partial charge in [0.15, 0.2) is 0 Å². The van der Waals surface area contributed by atoms with Gasteiger partial charge in [0.05, 0.1) is 5.41 Å². The van der Waals surface area contributed by atoms with Crippen molar-refractivity contribution in [2.24, 2.45) is 5.92 Å². The van der Waals surface area contributed by atoms with Gasteiger partial charge in [0.2, 0.25) is 0 Å². The molecule has 0 N–H and O–H groups in total. The second-order valence-corrected chi connectivity index (χ2v) is 6.51. The summed E-state index contributed by atoms with van der Waals surface area (Å²) >= 11 is 0. The van der Waals surface area contributed by atoms with Crippen molar-refractivity contribution in [3.05, 3.63) is 17.6 Å². The Hall–Kier alpha value is -1.45. The van der Waals surface area contributed by atoms with Crippen LogP contribution in [0.3, 0.4) is 0 Å². The highest BCUT2D eigenvalue weighted by Crippen LogP contribution is 2.49. The maximum atomic E-state index is 11.5. The second kappa shape index (κ2) is 4.83. The first kappa shape index (κ1) is 13.5. The number of nitrogens with zero attached hydrogens (tertiary/aromatic N) is 3. The van der Waals surface area contributed by atoms with Gasteiger partial charge in [-0.3, -0.25) is 0 Å². The number of hydrogen-bond donors (Lipinski definition) is 0. The van der Waals surface area contributed by atoms with Gasteiger partial charge in [0.1, 0.15) is 17.9 Å². The number of anilines is 1. The predicted molar refractivity (Wildman–Crippen MR) is 79.0 cm³/mol. The van der Waals surface area contributed by atoms with Crippen LogP contribution in [0.1, 0.15) is 50.4 Å². The summed E-state index contributed by atoms with van der Waals surface area (Å²) in [5.74, 6) is 2.44. The number of aromatic nitrogens is 2. The van der Waals surface area contributed by atoms with Crippen molar-refractivity contribution in [2.45, 2.75) is 57.4 Å². The maximum Gasteiger partial charge on any atom is 0.136 e. The van der Waals surface area contributed by atoms with Crippen molar-refractivity contribution in [3.63, 3.8) is 0 Å². The molecule has 0 saturated heterocycles.